The lowest BCUT2D eigenvalue weighted by Crippen LogP contribution is -2.71. The molecular formula is C17H25N3O3. The quantitative estimate of drug-likeness (QED) is 0.867. The summed E-state index contributed by atoms with van der Waals surface area (Å²) in [4.78, 5) is 16.3. The highest BCUT2D eigenvalue weighted by atomic mass is 16.5. The highest BCUT2D eigenvalue weighted by molar-refractivity contribution is 5.81. The van der Waals surface area contributed by atoms with Crippen LogP contribution < -0.4 is 10.1 Å². The minimum atomic E-state index is -0.186. The van der Waals surface area contributed by atoms with E-state index in [1.807, 2.05) is 25.2 Å². The molecule has 2 saturated heterocycles. The van der Waals surface area contributed by atoms with Gasteiger partial charge in [0.1, 0.15) is 17.4 Å². The van der Waals surface area contributed by atoms with E-state index in [0.717, 1.165) is 31.9 Å². The smallest absolute Gasteiger partial charge is 0.239 e. The first-order chi connectivity index (χ1) is 11.1. The summed E-state index contributed by atoms with van der Waals surface area (Å²) in [5.74, 6) is 0.947. The molecule has 0 aromatic heterocycles. The number of ether oxygens (including phenoxy) is 2. The van der Waals surface area contributed by atoms with Crippen LogP contribution in [0.2, 0.25) is 0 Å². The molecule has 126 valence electrons. The Balaban J connectivity index is 1.56. The Morgan fingerprint density at radius 2 is 2.13 bits per heavy atom. The summed E-state index contributed by atoms with van der Waals surface area (Å²) in [6.45, 7) is 3.87. The van der Waals surface area contributed by atoms with Gasteiger partial charge in [-0.3, -0.25) is 14.6 Å². The van der Waals surface area contributed by atoms with Gasteiger partial charge in [0.2, 0.25) is 5.91 Å². The first-order valence-electron chi connectivity index (χ1n) is 7.97. The van der Waals surface area contributed by atoms with Gasteiger partial charge in [-0.25, -0.2) is 0 Å². The van der Waals surface area contributed by atoms with E-state index in [0.29, 0.717) is 6.61 Å². The van der Waals surface area contributed by atoms with Crippen LogP contribution in [0.4, 0.5) is 0 Å². The fourth-order valence-electron chi connectivity index (χ4n) is 3.58. The molecule has 1 amide bonds. The summed E-state index contributed by atoms with van der Waals surface area (Å²) in [6.07, 6.45) is 0. The van der Waals surface area contributed by atoms with Crippen LogP contribution in [0, 0.1) is 0 Å². The Kier molecular flexibility index (Phi) is 4.57. The summed E-state index contributed by atoms with van der Waals surface area (Å²) in [6, 6.07) is 7.92. The molecule has 1 aromatic rings. The first kappa shape index (κ1) is 16.2. The van der Waals surface area contributed by atoms with Gasteiger partial charge in [0, 0.05) is 38.8 Å². The molecular weight excluding hydrogens is 294 g/mol. The Hall–Kier alpha value is -1.63. The molecule has 1 spiro atoms. The van der Waals surface area contributed by atoms with Gasteiger partial charge in [-0.1, -0.05) is 18.2 Å². The molecule has 0 radical (unpaired) electrons. The minimum absolute atomic E-state index is 0.0209. The molecule has 1 aromatic carbocycles. The summed E-state index contributed by atoms with van der Waals surface area (Å²) in [7, 11) is 5.36. The zero-order chi connectivity index (χ0) is 16.4. The number of para-hydroxylation sites is 1. The van der Waals surface area contributed by atoms with Gasteiger partial charge in [-0.2, -0.15) is 0 Å². The molecule has 1 unspecified atom stereocenters. The summed E-state index contributed by atoms with van der Waals surface area (Å²) in [5, 5.41) is 2.70. The maximum absolute atomic E-state index is 11.8. The van der Waals surface area contributed by atoms with Crippen LogP contribution in [0.25, 0.3) is 0 Å². The van der Waals surface area contributed by atoms with Crippen LogP contribution >= 0.6 is 0 Å². The molecule has 2 fully saturated rings. The maximum Gasteiger partial charge on any atom is 0.239 e. The van der Waals surface area contributed by atoms with E-state index in [-0.39, 0.29) is 17.6 Å². The fraction of sp³-hybridized carbons (Fsp3) is 0.588. The molecule has 2 aliphatic heterocycles. The van der Waals surface area contributed by atoms with Crippen LogP contribution in [0.5, 0.6) is 5.75 Å². The summed E-state index contributed by atoms with van der Waals surface area (Å²) >= 11 is 0. The van der Waals surface area contributed by atoms with Crippen molar-refractivity contribution in [2.75, 3.05) is 47.4 Å². The van der Waals surface area contributed by atoms with Crippen molar-refractivity contribution in [1.82, 2.24) is 15.1 Å². The van der Waals surface area contributed by atoms with E-state index < -0.39 is 0 Å². The number of rotatable bonds is 4. The van der Waals surface area contributed by atoms with Crippen LogP contribution in [-0.2, 0) is 16.1 Å². The van der Waals surface area contributed by atoms with Gasteiger partial charge in [-0.15, -0.1) is 0 Å². The number of hydrogen-bond donors (Lipinski definition) is 1. The van der Waals surface area contributed by atoms with Gasteiger partial charge in [-0.05, 0) is 13.1 Å². The number of carbonyl (C=O) groups excluding carboxylic acids is 1. The van der Waals surface area contributed by atoms with Crippen LogP contribution in [0.3, 0.4) is 0 Å². The number of hydrogen-bond acceptors (Lipinski definition) is 5. The predicted molar refractivity (Wildman–Crippen MR) is 87.4 cm³/mol. The lowest BCUT2D eigenvalue weighted by atomic mass is 9.90. The second-order valence-corrected chi connectivity index (χ2v) is 6.50. The molecule has 23 heavy (non-hydrogen) atoms. The molecule has 2 aliphatic rings. The molecule has 6 heteroatoms. The topological polar surface area (TPSA) is 54.0 Å². The van der Waals surface area contributed by atoms with Crippen molar-refractivity contribution in [3.63, 3.8) is 0 Å². The zero-order valence-electron chi connectivity index (χ0n) is 14.0. The van der Waals surface area contributed by atoms with E-state index in [1.54, 1.807) is 14.2 Å². The van der Waals surface area contributed by atoms with Crippen molar-refractivity contribution in [2.45, 2.75) is 18.2 Å². The number of nitrogens with one attached hydrogen (secondary N) is 1. The van der Waals surface area contributed by atoms with Gasteiger partial charge in [0.15, 0.2) is 0 Å². The lowest BCUT2D eigenvalue weighted by molar-refractivity contribution is -0.198. The Morgan fingerprint density at radius 3 is 2.78 bits per heavy atom. The van der Waals surface area contributed by atoms with Crippen molar-refractivity contribution in [2.24, 2.45) is 0 Å². The number of carbonyl (C=O) groups is 1. The molecule has 3 rings (SSSR count). The van der Waals surface area contributed by atoms with E-state index in [1.165, 1.54) is 5.56 Å². The molecule has 2 heterocycles. The van der Waals surface area contributed by atoms with E-state index >= 15 is 0 Å². The number of benzene rings is 1. The number of likely N-dealkylation sites (tertiary alicyclic amines) is 1. The standard InChI is InChI=1S/C17H25N3O3/c1-18-16(21)14-9-23-17(10-19(14)2)11-20(12-17)8-13-6-4-5-7-15(13)22-3/h4-7,14H,8-12H2,1-3H3,(H,18,21). The average Bonchev–Trinajstić information content (AvgIpc) is 2.53. The van der Waals surface area contributed by atoms with Crippen LogP contribution in [-0.4, -0.2) is 74.8 Å². The monoisotopic (exact) mass is 319 g/mol. The molecule has 0 bridgehead atoms. The van der Waals surface area contributed by atoms with Crippen molar-refractivity contribution in [1.29, 1.82) is 0 Å². The second-order valence-electron chi connectivity index (χ2n) is 6.50. The Bertz CT molecular complexity index is 572. The first-order valence-corrected chi connectivity index (χ1v) is 7.97. The van der Waals surface area contributed by atoms with Gasteiger partial charge < -0.3 is 14.8 Å². The van der Waals surface area contributed by atoms with Crippen LogP contribution in [0.1, 0.15) is 5.56 Å². The normalized spacial score (nSPS) is 24.2. The van der Waals surface area contributed by atoms with Crippen molar-refractivity contribution in [3.05, 3.63) is 29.8 Å². The van der Waals surface area contributed by atoms with Gasteiger partial charge in [0.25, 0.3) is 0 Å². The van der Waals surface area contributed by atoms with E-state index in [9.17, 15) is 4.79 Å². The highest BCUT2D eigenvalue weighted by Gasteiger charge is 2.49. The lowest BCUT2D eigenvalue weighted by Gasteiger charge is -2.55. The number of methoxy groups -OCH3 is 1. The second kappa shape index (κ2) is 6.47. The minimum Gasteiger partial charge on any atom is -0.496 e. The third-order valence-electron chi connectivity index (χ3n) is 4.78. The molecule has 1 atom stereocenters. The van der Waals surface area contributed by atoms with Gasteiger partial charge >= 0.3 is 0 Å². The molecule has 1 N–H and O–H groups in total. The largest absolute Gasteiger partial charge is 0.496 e. The van der Waals surface area contributed by atoms with Gasteiger partial charge in [0.05, 0.1) is 13.7 Å². The third kappa shape index (κ3) is 3.20. The number of morpholine rings is 1. The zero-order valence-corrected chi connectivity index (χ0v) is 14.0. The summed E-state index contributed by atoms with van der Waals surface area (Å²) < 4.78 is 11.5. The van der Waals surface area contributed by atoms with Crippen molar-refractivity contribution >= 4 is 5.91 Å². The van der Waals surface area contributed by atoms with Crippen LogP contribution in [0.15, 0.2) is 24.3 Å². The van der Waals surface area contributed by atoms with E-state index in [4.69, 9.17) is 9.47 Å². The summed E-state index contributed by atoms with van der Waals surface area (Å²) in [5.41, 5.74) is 1.05. The van der Waals surface area contributed by atoms with Crippen molar-refractivity contribution < 1.29 is 14.3 Å². The van der Waals surface area contributed by atoms with Crippen molar-refractivity contribution in [3.8, 4) is 5.75 Å². The van der Waals surface area contributed by atoms with E-state index in [2.05, 4.69) is 21.2 Å². The fourth-order valence-corrected chi connectivity index (χ4v) is 3.58. The number of nitrogens with zero attached hydrogens (tertiary/aromatic N) is 2. The molecule has 0 saturated carbocycles. The Morgan fingerprint density at radius 1 is 1.39 bits per heavy atom. The SMILES string of the molecule is CNC(=O)C1COC2(CN(Cc3ccccc3OC)C2)CN1C. The number of amides is 1. The number of likely N-dealkylation sites (N-methyl/N-ethyl adjacent to an activating group) is 2. The highest BCUT2D eigenvalue weighted by Crippen LogP contribution is 2.32. The third-order valence-corrected chi connectivity index (χ3v) is 4.78. The average molecular weight is 319 g/mol. The maximum atomic E-state index is 11.8. The Labute approximate surface area is 137 Å². The predicted octanol–water partition coefficient (Wildman–Crippen LogP) is 0.326. The molecule has 6 nitrogen and oxygen atoms in total. The molecule has 0 aliphatic carbocycles.